The molecule has 0 saturated carbocycles. The first-order valence-electron chi connectivity index (χ1n) is 7.05. The molecular weight excluding hydrogens is 300 g/mol. The summed E-state index contributed by atoms with van der Waals surface area (Å²) in [6, 6.07) is 15.9. The van der Waals surface area contributed by atoms with Crippen LogP contribution in [-0.2, 0) is 0 Å². The van der Waals surface area contributed by atoms with Gasteiger partial charge in [0.15, 0.2) is 0 Å². The minimum atomic E-state index is 0.388. The Morgan fingerprint density at radius 1 is 1.19 bits per heavy atom. The minimum absolute atomic E-state index is 0.388. The zero-order chi connectivity index (χ0) is 15.2. The van der Waals surface area contributed by atoms with Gasteiger partial charge >= 0.3 is 0 Å². The summed E-state index contributed by atoms with van der Waals surface area (Å²) in [7, 11) is 0. The van der Waals surface area contributed by atoms with Gasteiger partial charge in [-0.3, -0.25) is 0 Å². The summed E-state index contributed by atoms with van der Waals surface area (Å²) >= 11 is 11.4. The van der Waals surface area contributed by atoms with Crippen molar-refractivity contribution in [3.05, 3.63) is 59.1 Å². The Kier molecular flexibility index (Phi) is 5.59. The van der Waals surface area contributed by atoms with Crippen LogP contribution in [0.1, 0.15) is 25.3 Å². The molecule has 0 amide bonds. The normalized spacial score (nSPS) is 10.4. The summed E-state index contributed by atoms with van der Waals surface area (Å²) in [5, 5.41) is 0.683. The van der Waals surface area contributed by atoms with E-state index in [9.17, 15) is 0 Å². The smallest absolute Gasteiger partial charge is 0.106 e. The number of hydrogen-bond acceptors (Lipinski definition) is 2. The Morgan fingerprint density at radius 3 is 2.52 bits per heavy atom. The van der Waals surface area contributed by atoms with Crippen molar-refractivity contribution >= 4 is 40.2 Å². The molecule has 0 aliphatic rings. The molecule has 21 heavy (non-hydrogen) atoms. The van der Waals surface area contributed by atoms with Crippen LogP contribution < -0.4 is 10.6 Å². The lowest BCUT2D eigenvalue weighted by atomic mass is 10.1. The second-order valence-corrected chi connectivity index (χ2v) is 5.74. The van der Waals surface area contributed by atoms with Gasteiger partial charge in [0.05, 0.1) is 5.69 Å². The van der Waals surface area contributed by atoms with Crippen molar-refractivity contribution in [1.82, 2.24) is 0 Å². The topological polar surface area (TPSA) is 29.3 Å². The van der Waals surface area contributed by atoms with Gasteiger partial charge in [-0.25, -0.2) is 0 Å². The molecule has 0 radical (unpaired) electrons. The fourth-order valence-electron chi connectivity index (χ4n) is 2.25. The van der Waals surface area contributed by atoms with Gasteiger partial charge in [-0.2, -0.15) is 0 Å². The number of nitrogens with zero attached hydrogens (tertiary/aromatic N) is 1. The molecule has 2 nitrogen and oxygen atoms in total. The zero-order valence-electron chi connectivity index (χ0n) is 12.1. The molecule has 2 aromatic carbocycles. The van der Waals surface area contributed by atoms with Crippen LogP contribution in [0.15, 0.2) is 48.5 Å². The lowest BCUT2D eigenvalue weighted by molar-refractivity contribution is 0.785. The van der Waals surface area contributed by atoms with E-state index in [1.54, 1.807) is 0 Å². The maximum Gasteiger partial charge on any atom is 0.106 e. The van der Waals surface area contributed by atoms with E-state index in [0.29, 0.717) is 10.0 Å². The molecule has 0 aliphatic carbocycles. The first kappa shape index (κ1) is 15.8. The molecule has 0 aliphatic heterocycles. The van der Waals surface area contributed by atoms with Crippen LogP contribution in [0.3, 0.4) is 0 Å². The van der Waals surface area contributed by atoms with Gasteiger partial charge < -0.3 is 10.6 Å². The molecule has 0 atom stereocenters. The minimum Gasteiger partial charge on any atom is -0.389 e. The third kappa shape index (κ3) is 3.96. The van der Waals surface area contributed by atoms with Gasteiger partial charge in [-0.15, -0.1) is 0 Å². The van der Waals surface area contributed by atoms with Crippen molar-refractivity contribution in [2.75, 3.05) is 11.4 Å². The van der Waals surface area contributed by atoms with Crippen molar-refractivity contribution in [3.8, 4) is 0 Å². The third-order valence-corrected chi connectivity index (χ3v) is 3.77. The summed E-state index contributed by atoms with van der Waals surface area (Å²) < 4.78 is 0. The fourth-order valence-corrected chi connectivity index (χ4v) is 2.59. The maximum atomic E-state index is 6.18. The monoisotopic (exact) mass is 318 g/mol. The van der Waals surface area contributed by atoms with Crippen molar-refractivity contribution in [3.63, 3.8) is 0 Å². The number of halogens is 1. The van der Waals surface area contributed by atoms with E-state index in [4.69, 9.17) is 29.6 Å². The second-order valence-electron chi connectivity index (χ2n) is 4.87. The summed E-state index contributed by atoms with van der Waals surface area (Å²) in [6.45, 7) is 3.08. The summed E-state index contributed by atoms with van der Waals surface area (Å²) in [5.41, 5.74) is 8.81. The summed E-state index contributed by atoms with van der Waals surface area (Å²) in [6.07, 6.45) is 2.20. The molecule has 0 fully saturated rings. The van der Waals surface area contributed by atoms with E-state index in [-0.39, 0.29) is 0 Å². The fraction of sp³-hybridized carbons (Fsp3) is 0.235. The predicted molar refractivity (Wildman–Crippen MR) is 95.7 cm³/mol. The van der Waals surface area contributed by atoms with Gasteiger partial charge in [0.1, 0.15) is 4.99 Å². The number of nitrogens with two attached hydrogens (primary N) is 1. The summed E-state index contributed by atoms with van der Waals surface area (Å²) in [5.74, 6) is 0. The predicted octanol–water partition coefficient (Wildman–Crippen LogP) is 4.91. The number of thiocarbonyl (C=S) groups is 1. The van der Waals surface area contributed by atoms with Crippen LogP contribution in [0, 0.1) is 0 Å². The van der Waals surface area contributed by atoms with Crippen LogP contribution >= 0.6 is 23.8 Å². The molecule has 110 valence electrons. The molecule has 0 aromatic heterocycles. The Balaban J connectivity index is 2.50. The quantitative estimate of drug-likeness (QED) is 0.767. The lowest BCUT2D eigenvalue weighted by Crippen LogP contribution is -2.22. The molecule has 4 heteroatoms. The number of anilines is 2. The van der Waals surface area contributed by atoms with Gasteiger partial charge in [0.2, 0.25) is 0 Å². The molecule has 2 rings (SSSR count). The van der Waals surface area contributed by atoms with Gasteiger partial charge in [0, 0.05) is 22.8 Å². The maximum absolute atomic E-state index is 6.18. The highest BCUT2D eigenvalue weighted by Crippen LogP contribution is 2.31. The summed E-state index contributed by atoms with van der Waals surface area (Å²) in [4.78, 5) is 2.61. The van der Waals surface area contributed by atoms with Crippen molar-refractivity contribution in [2.24, 2.45) is 5.73 Å². The number of hydrogen-bond donors (Lipinski definition) is 1. The highest BCUT2D eigenvalue weighted by Gasteiger charge is 2.15. The number of para-hydroxylation sites is 1. The van der Waals surface area contributed by atoms with Gasteiger partial charge in [-0.1, -0.05) is 55.4 Å². The zero-order valence-corrected chi connectivity index (χ0v) is 13.6. The highest BCUT2D eigenvalue weighted by molar-refractivity contribution is 7.80. The van der Waals surface area contributed by atoms with Crippen molar-refractivity contribution in [2.45, 2.75) is 19.8 Å². The van der Waals surface area contributed by atoms with Crippen LogP contribution in [-0.4, -0.2) is 11.5 Å². The standard InChI is InChI=1S/C17H19ClN2S/c1-2-3-11-20(14-7-5-4-6-8-14)16-12-13(18)9-10-15(16)17(19)21/h4-10,12H,2-3,11H2,1H3,(H2,19,21). The van der Waals surface area contributed by atoms with Crippen LogP contribution in [0.2, 0.25) is 5.02 Å². The number of benzene rings is 2. The Morgan fingerprint density at radius 2 is 1.90 bits per heavy atom. The van der Waals surface area contributed by atoms with E-state index in [2.05, 4.69) is 24.0 Å². The molecule has 2 aromatic rings. The SMILES string of the molecule is CCCCN(c1ccccc1)c1cc(Cl)ccc1C(N)=S. The van der Waals surface area contributed by atoms with Crippen LogP contribution in [0.25, 0.3) is 0 Å². The Labute approximate surface area is 136 Å². The van der Waals surface area contributed by atoms with Gasteiger partial charge in [0.25, 0.3) is 0 Å². The molecule has 0 unspecified atom stereocenters. The van der Waals surface area contributed by atoms with Crippen molar-refractivity contribution in [1.29, 1.82) is 0 Å². The molecular formula is C17H19ClN2S. The largest absolute Gasteiger partial charge is 0.389 e. The Bertz CT molecular complexity index is 613. The molecule has 2 N–H and O–H groups in total. The average Bonchev–Trinajstić information content (AvgIpc) is 2.48. The Hall–Kier alpha value is -1.58. The highest BCUT2D eigenvalue weighted by atomic mass is 35.5. The first-order valence-corrected chi connectivity index (χ1v) is 7.84. The average molecular weight is 319 g/mol. The van der Waals surface area contributed by atoms with Crippen LogP contribution in [0.4, 0.5) is 11.4 Å². The van der Waals surface area contributed by atoms with Crippen LogP contribution in [0.5, 0.6) is 0 Å². The van der Waals surface area contributed by atoms with E-state index in [1.165, 1.54) is 0 Å². The van der Waals surface area contributed by atoms with E-state index >= 15 is 0 Å². The lowest BCUT2D eigenvalue weighted by Gasteiger charge is -2.27. The first-order chi connectivity index (χ1) is 10.1. The molecule has 0 bridgehead atoms. The van der Waals surface area contributed by atoms with E-state index < -0.39 is 0 Å². The van der Waals surface area contributed by atoms with Gasteiger partial charge in [-0.05, 0) is 36.8 Å². The molecule has 0 heterocycles. The third-order valence-electron chi connectivity index (χ3n) is 3.32. The second kappa shape index (κ2) is 7.43. The molecule has 0 spiro atoms. The van der Waals surface area contributed by atoms with Crippen molar-refractivity contribution < 1.29 is 0 Å². The number of rotatable bonds is 6. The number of unbranched alkanes of at least 4 members (excludes halogenated alkanes) is 1. The van der Waals surface area contributed by atoms with E-state index in [1.807, 2.05) is 36.4 Å². The van der Waals surface area contributed by atoms with E-state index in [0.717, 1.165) is 36.3 Å². The molecule has 0 saturated heterocycles.